The summed E-state index contributed by atoms with van der Waals surface area (Å²) in [5, 5.41) is 2.26. The van der Waals surface area contributed by atoms with E-state index in [1.807, 2.05) is 73.8 Å². The Kier molecular flexibility index (Phi) is 7.32. The van der Waals surface area contributed by atoms with Crippen molar-refractivity contribution in [2.75, 3.05) is 0 Å². The first kappa shape index (κ1) is 23.6. The molecule has 3 nitrogen and oxygen atoms in total. The van der Waals surface area contributed by atoms with Crippen molar-refractivity contribution in [2.45, 2.75) is 13.8 Å². The fourth-order valence-corrected chi connectivity index (χ4v) is 3.79. The maximum Gasteiger partial charge on any atom is 0.123 e. The third-order valence-corrected chi connectivity index (χ3v) is 5.47. The van der Waals surface area contributed by atoms with Gasteiger partial charge in [0.25, 0.3) is 0 Å². The molecule has 0 aliphatic carbocycles. The predicted molar refractivity (Wildman–Crippen MR) is 134 cm³/mol. The first-order chi connectivity index (χ1) is 16.2. The normalized spacial score (nSPS) is 10.4. The van der Waals surface area contributed by atoms with E-state index in [1.165, 1.54) is 5.56 Å². The minimum atomic E-state index is 0. The Balaban J connectivity index is 0.000000171. The van der Waals surface area contributed by atoms with E-state index in [-0.39, 0.29) is 20.1 Å². The number of pyridine rings is 2. The molecule has 6 aromatic rings. The van der Waals surface area contributed by atoms with Gasteiger partial charge in [-0.1, -0.05) is 53.4 Å². The van der Waals surface area contributed by atoms with Crippen LogP contribution in [-0.2, 0) is 20.1 Å². The molecule has 0 saturated heterocycles. The summed E-state index contributed by atoms with van der Waals surface area (Å²) >= 11 is 0. The fourth-order valence-electron chi connectivity index (χ4n) is 3.79. The van der Waals surface area contributed by atoms with Crippen LogP contribution in [0.1, 0.15) is 11.1 Å². The molecule has 0 atom stereocenters. The largest absolute Gasteiger partial charge is 0.500 e. The maximum absolute atomic E-state index is 6.10. The zero-order chi connectivity index (χ0) is 22.6. The van der Waals surface area contributed by atoms with Crippen molar-refractivity contribution in [1.82, 2.24) is 9.97 Å². The van der Waals surface area contributed by atoms with E-state index in [2.05, 4.69) is 53.3 Å². The van der Waals surface area contributed by atoms with Crippen molar-refractivity contribution in [3.05, 3.63) is 121 Å². The number of furan rings is 1. The zero-order valence-corrected chi connectivity index (χ0v) is 21.3. The summed E-state index contributed by atoms with van der Waals surface area (Å²) in [6, 6.07) is 34.4. The Morgan fingerprint density at radius 1 is 0.676 bits per heavy atom. The molecule has 0 amide bonds. The van der Waals surface area contributed by atoms with E-state index in [0.717, 1.165) is 50.0 Å². The SMILES string of the molecule is Cc1ccc(-c2[c-]cccc2)nc1.Cc1cccc2c1oc1c(-c3ccccn3)[c-]ccc12.[Ir]. The summed E-state index contributed by atoms with van der Waals surface area (Å²) < 4.78 is 6.10. The number of aromatic nitrogens is 2. The molecular weight excluding hydrogens is 597 g/mol. The van der Waals surface area contributed by atoms with Crippen molar-refractivity contribution in [2.24, 2.45) is 0 Å². The predicted octanol–water partition coefficient (Wildman–Crippen LogP) is 7.61. The van der Waals surface area contributed by atoms with Gasteiger partial charge in [0.05, 0.1) is 5.58 Å². The van der Waals surface area contributed by atoms with Crippen molar-refractivity contribution < 1.29 is 24.5 Å². The van der Waals surface area contributed by atoms with Gasteiger partial charge in [-0.25, -0.2) is 0 Å². The Morgan fingerprint density at radius 3 is 2.26 bits per heavy atom. The van der Waals surface area contributed by atoms with E-state index in [0.29, 0.717) is 0 Å². The Bertz CT molecular complexity index is 1510. The van der Waals surface area contributed by atoms with Crippen LogP contribution in [0, 0.1) is 26.0 Å². The van der Waals surface area contributed by atoms with Crippen LogP contribution in [0.3, 0.4) is 0 Å². The molecule has 3 aromatic carbocycles. The van der Waals surface area contributed by atoms with Crippen molar-refractivity contribution in [3.8, 4) is 22.5 Å². The Labute approximate surface area is 212 Å². The Hall–Kier alpha value is -3.59. The average Bonchev–Trinajstić information content (AvgIpc) is 3.26. The van der Waals surface area contributed by atoms with Crippen LogP contribution in [-0.4, -0.2) is 9.97 Å². The molecule has 0 spiro atoms. The van der Waals surface area contributed by atoms with E-state index in [4.69, 9.17) is 4.42 Å². The summed E-state index contributed by atoms with van der Waals surface area (Å²) in [4.78, 5) is 8.72. The third-order valence-electron chi connectivity index (χ3n) is 5.47. The van der Waals surface area contributed by atoms with E-state index >= 15 is 0 Å². The van der Waals surface area contributed by atoms with Crippen LogP contribution >= 0.6 is 0 Å². The number of fused-ring (bicyclic) bond motifs is 3. The van der Waals surface area contributed by atoms with Crippen molar-refractivity contribution in [1.29, 1.82) is 0 Å². The average molecular weight is 619 g/mol. The number of hydrogen-bond donors (Lipinski definition) is 0. The minimum absolute atomic E-state index is 0. The van der Waals surface area contributed by atoms with Crippen molar-refractivity contribution in [3.63, 3.8) is 0 Å². The first-order valence-corrected chi connectivity index (χ1v) is 10.8. The smallest absolute Gasteiger partial charge is 0.123 e. The van der Waals surface area contributed by atoms with Gasteiger partial charge in [0.1, 0.15) is 5.58 Å². The van der Waals surface area contributed by atoms with Crippen molar-refractivity contribution >= 4 is 21.9 Å². The molecule has 1 radical (unpaired) electrons. The second-order valence-corrected chi connectivity index (χ2v) is 7.86. The topological polar surface area (TPSA) is 38.9 Å². The van der Waals surface area contributed by atoms with E-state index < -0.39 is 0 Å². The van der Waals surface area contributed by atoms with Gasteiger partial charge in [0.2, 0.25) is 0 Å². The van der Waals surface area contributed by atoms with Gasteiger partial charge in [-0.3, -0.25) is 0 Å². The molecular formula is C30H22IrN2O-2. The molecule has 0 N–H and O–H groups in total. The van der Waals surface area contributed by atoms with Crippen LogP contribution < -0.4 is 0 Å². The number of benzene rings is 3. The Morgan fingerprint density at radius 2 is 1.53 bits per heavy atom. The molecule has 0 bridgehead atoms. The zero-order valence-electron chi connectivity index (χ0n) is 18.9. The van der Waals surface area contributed by atoms with Gasteiger partial charge in [-0.2, -0.15) is 0 Å². The van der Waals surface area contributed by atoms with E-state index in [9.17, 15) is 0 Å². The summed E-state index contributed by atoms with van der Waals surface area (Å²) in [6.07, 6.45) is 3.66. The van der Waals surface area contributed by atoms with Crippen LogP contribution in [0.15, 0.2) is 102 Å². The van der Waals surface area contributed by atoms with Gasteiger partial charge in [0, 0.05) is 37.9 Å². The fraction of sp³-hybridized carbons (Fsp3) is 0.0667. The molecule has 0 aliphatic rings. The van der Waals surface area contributed by atoms with Gasteiger partial charge in [-0.05, 0) is 42.4 Å². The van der Waals surface area contributed by atoms with Crippen LogP contribution in [0.25, 0.3) is 44.5 Å². The second-order valence-electron chi connectivity index (χ2n) is 7.86. The van der Waals surface area contributed by atoms with Crippen LogP contribution in [0.4, 0.5) is 0 Å². The second kappa shape index (κ2) is 10.6. The van der Waals surface area contributed by atoms with Crippen LogP contribution in [0.5, 0.6) is 0 Å². The van der Waals surface area contributed by atoms with Gasteiger partial charge >= 0.3 is 0 Å². The number of para-hydroxylation sites is 1. The molecule has 4 heteroatoms. The number of aryl methyl sites for hydroxylation is 2. The molecule has 0 aliphatic heterocycles. The minimum Gasteiger partial charge on any atom is -0.500 e. The molecule has 3 heterocycles. The quantitative estimate of drug-likeness (QED) is 0.188. The number of nitrogens with zero attached hydrogens (tertiary/aromatic N) is 2. The van der Waals surface area contributed by atoms with E-state index in [1.54, 1.807) is 6.20 Å². The molecule has 3 aromatic heterocycles. The van der Waals surface area contributed by atoms with Gasteiger partial charge in [0.15, 0.2) is 0 Å². The summed E-state index contributed by atoms with van der Waals surface area (Å²) in [5.74, 6) is 0. The molecule has 34 heavy (non-hydrogen) atoms. The first-order valence-electron chi connectivity index (χ1n) is 10.8. The standard InChI is InChI=1S/C18H12NO.C12H10N.Ir/c1-12-6-4-7-13-14-8-5-9-15(18(14)20-17(12)13)16-10-2-3-11-19-16;1-10-7-8-12(13-9-10)11-5-3-2-4-6-11;/h2-8,10-11H,1H3;2-5,7-9H,1H3;/q2*-1;. The third kappa shape index (κ3) is 4.84. The molecule has 6 rings (SSSR count). The molecule has 0 fully saturated rings. The maximum atomic E-state index is 6.10. The molecule has 0 unspecified atom stereocenters. The number of rotatable bonds is 2. The molecule has 0 saturated carbocycles. The number of hydrogen-bond acceptors (Lipinski definition) is 3. The summed E-state index contributed by atoms with van der Waals surface area (Å²) in [6.45, 7) is 4.10. The van der Waals surface area contributed by atoms with Gasteiger partial charge < -0.3 is 14.4 Å². The van der Waals surface area contributed by atoms with Crippen LogP contribution in [0.2, 0.25) is 0 Å². The summed E-state index contributed by atoms with van der Waals surface area (Å²) in [5.41, 5.74) is 7.95. The van der Waals surface area contributed by atoms with Gasteiger partial charge in [-0.15, -0.1) is 54.1 Å². The molecule has 169 valence electrons. The monoisotopic (exact) mass is 619 g/mol. The summed E-state index contributed by atoms with van der Waals surface area (Å²) in [7, 11) is 0.